The quantitative estimate of drug-likeness (QED) is 0.499. The van der Waals surface area contributed by atoms with Gasteiger partial charge in [-0.1, -0.05) is 0 Å². The third-order valence-electron chi connectivity index (χ3n) is 3.79. The number of nitrogens with one attached hydrogen (secondary N) is 2. The van der Waals surface area contributed by atoms with Gasteiger partial charge in [0, 0.05) is 20.2 Å². The Morgan fingerprint density at radius 2 is 2.24 bits per heavy atom. The molecule has 1 amide bonds. The maximum Gasteiger partial charge on any atom is 0.317 e. The second kappa shape index (κ2) is 9.70. The van der Waals surface area contributed by atoms with Gasteiger partial charge in [-0.05, 0) is 38.8 Å². The average Bonchev–Trinajstić information content (AvgIpc) is 2.46. The van der Waals surface area contributed by atoms with E-state index in [0.29, 0.717) is 25.6 Å². The van der Waals surface area contributed by atoms with Gasteiger partial charge in [0.25, 0.3) is 0 Å². The summed E-state index contributed by atoms with van der Waals surface area (Å²) in [6.07, 6.45) is 2.11. The molecule has 2 unspecified atom stereocenters. The summed E-state index contributed by atoms with van der Waals surface area (Å²) in [6.45, 7) is 5.36. The van der Waals surface area contributed by atoms with E-state index in [-0.39, 0.29) is 18.5 Å². The van der Waals surface area contributed by atoms with Gasteiger partial charge in [-0.3, -0.25) is 14.5 Å². The lowest BCUT2D eigenvalue weighted by Crippen LogP contribution is -2.50. The Labute approximate surface area is 126 Å². The monoisotopic (exact) mass is 301 g/mol. The fraction of sp³-hybridized carbons (Fsp3) is 0.857. The average molecular weight is 301 g/mol. The molecule has 2 atom stereocenters. The Morgan fingerprint density at radius 1 is 1.48 bits per heavy atom. The Morgan fingerprint density at radius 3 is 2.90 bits per heavy atom. The number of aliphatic carboxylic acids is 1. The van der Waals surface area contributed by atoms with E-state index in [1.165, 1.54) is 0 Å². The van der Waals surface area contributed by atoms with Crippen LogP contribution in [0.25, 0.3) is 0 Å². The minimum absolute atomic E-state index is 0.0104. The van der Waals surface area contributed by atoms with Crippen molar-refractivity contribution in [1.82, 2.24) is 15.5 Å². The van der Waals surface area contributed by atoms with Crippen LogP contribution in [-0.2, 0) is 14.3 Å². The summed E-state index contributed by atoms with van der Waals surface area (Å²) in [5.41, 5.74) is 0. The molecule has 1 saturated heterocycles. The van der Waals surface area contributed by atoms with Gasteiger partial charge in [-0.15, -0.1) is 0 Å². The molecule has 0 aromatic heterocycles. The van der Waals surface area contributed by atoms with E-state index in [0.717, 1.165) is 25.9 Å². The van der Waals surface area contributed by atoms with Crippen molar-refractivity contribution in [3.8, 4) is 0 Å². The maximum absolute atomic E-state index is 12.0. The lowest BCUT2D eigenvalue weighted by atomic mass is 9.96. The number of carboxylic acids is 1. The van der Waals surface area contributed by atoms with Crippen LogP contribution in [0.15, 0.2) is 0 Å². The Kier molecular flexibility index (Phi) is 8.26. The molecule has 0 aliphatic carbocycles. The molecule has 3 N–H and O–H groups in total. The fourth-order valence-corrected chi connectivity index (χ4v) is 2.59. The summed E-state index contributed by atoms with van der Waals surface area (Å²) in [5, 5.41) is 14.4. The summed E-state index contributed by atoms with van der Waals surface area (Å²) in [6, 6.07) is -0.163. The zero-order valence-corrected chi connectivity index (χ0v) is 12.9. The van der Waals surface area contributed by atoms with Gasteiger partial charge in [0.2, 0.25) is 5.91 Å². The van der Waals surface area contributed by atoms with Crippen LogP contribution in [0.4, 0.5) is 0 Å². The number of likely N-dealkylation sites (tertiary alicyclic amines) is 1. The van der Waals surface area contributed by atoms with E-state index in [1.54, 1.807) is 7.11 Å². The third kappa shape index (κ3) is 6.88. The first kappa shape index (κ1) is 17.9. The molecule has 1 aliphatic heterocycles. The molecule has 1 rings (SSSR count). The minimum atomic E-state index is -0.839. The first-order chi connectivity index (χ1) is 10.0. The van der Waals surface area contributed by atoms with E-state index in [2.05, 4.69) is 15.5 Å². The minimum Gasteiger partial charge on any atom is -0.480 e. The molecule has 7 nitrogen and oxygen atoms in total. The Balaban J connectivity index is 2.33. The van der Waals surface area contributed by atoms with Crippen LogP contribution in [0.3, 0.4) is 0 Å². The third-order valence-corrected chi connectivity index (χ3v) is 3.79. The topological polar surface area (TPSA) is 90.9 Å². The smallest absolute Gasteiger partial charge is 0.317 e. The van der Waals surface area contributed by atoms with Gasteiger partial charge in [0.05, 0.1) is 19.2 Å². The van der Waals surface area contributed by atoms with Gasteiger partial charge in [-0.25, -0.2) is 0 Å². The summed E-state index contributed by atoms with van der Waals surface area (Å²) >= 11 is 0. The number of carbonyl (C=O) groups is 2. The van der Waals surface area contributed by atoms with Crippen LogP contribution < -0.4 is 10.6 Å². The van der Waals surface area contributed by atoms with Crippen molar-refractivity contribution in [2.45, 2.75) is 25.8 Å². The molecule has 21 heavy (non-hydrogen) atoms. The number of amides is 1. The summed E-state index contributed by atoms with van der Waals surface area (Å²) in [4.78, 5) is 24.7. The first-order valence-electron chi connectivity index (χ1n) is 7.47. The molecule has 1 heterocycles. The van der Waals surface area contributed by atoms with Crippen molar-refractivity contribution >= 4 is 11.9 Å². The van der Waals surface area contributed by atoms with Gasteiger partial charge in [0.1, 0.15) is 0 Å². The SMILES string of the molecule is COCCNC(=O)C(C)N1CCCC(CNCC(=O)O)C1. The summed E-state index contributed by atoms with van der Waals surface area (Å²) in [7, 11) is 1.61. The van der Waals surface area contributed by atoms with Gasteiger partial charge in [-0.2, -0.15) is 0 Å². The number of carboxylic acid groups (broad SMARTS) is 1. The van der Waals surface area contributed by atoms with E-state index in [4.69, 9.17) is 9.84 Å². The molecule has 122 valence electrons. The van der Waals surface area contributed by atoms with Crippen molar-refractivity contribution in [3.05, 3.63) is 0 Å². The lowest BCUT2D eigenvalue weighted by molar-refractivity contribution is -0.136. The zero-order chi connectivity index (χ0) is 15.7. The highest BCUT2D eigenvalue weighted by atomic mass is 16.5. The number of nitrogens with zero attached hydrogens (tertiary/aromatic N) is 1. The first-order valence-corrected chi connectivity index (χ1v) is 7.47. The molecular weight excluding hydrogens is 274 g/mol. The van der Waals surface area contributed by atoms with E-state index < -0.39 is 5.97 Å². The van der Waals surface area contributed by atoms with Crippen LogP contribution in [0.5, 0.6) is 0 Å². The highest BCUT2D eigenvalue weighted by molar-refractivity contribution is 5.81. The van der Waals surface area contributed by atoms with Gasteiger partial charge < -0.3 is 20.5 Å². The number of methoxy groups -OCH3 is 1. The number of piperidine rings is 1. The summed E-state index contributed by atoms with van der Waals surface area (Å²) < 4.78 is 4.91. The largest absolute Gasteiger partial charge is 0.480 e. The standard InChI is InChI=1S/C14H27N3O4/c1-11(14(20)16-5-7-21-2)17-6-3-4-12(10-17)8-15-9-13(18)19/h11-12,15H,3-10H2,1-2H3,(H,16,20)(H,18,19). The van der Waals surface area contributed by atoms with Crippen molar-refractivity contribution in [2.75, 3.05) is 46.4 Å². The van der Waals surface area contributed by atoms with Crippen LogP contribution in [0, 0.1) is 5.92 Å². The molecule has 0 saturated carbocycles. The summed E-state index contributed by atoms with van der Waals surface area (Å²) in [5.74, 6) is -0.424. The molecular formula is C14H27N3O4. The van der Waals surface area contributed by atoms with Gasteiger partial charge in [0.15, 0.2) is 0 Å². The fourth-order valence-electron chi connectivity index (χ4n) is 2.59. The lowest BCUT2D eigenvalue weighted by Gasteiger charge is -2.36. The zero-order valence-electron chi connectivity index (χ0n) is 12.9. The highest BCUT2D eigenvalue weighted by Gasteiger charge is 2.27. The van der Waals surface area contributed by atoms with Crippen molar-refractivity contribution in [2.24, 2.45) is 5.92 Å². The molecule has 0 aromatic carbocycles. The maximum atomic E-state index is 12.0. The van der Waals surface area contributed by atoms with Crippen LogP contribution >= 0.6 is 0 Å². The molecule has 1 fully saturated rings. The molecule has 0 aromatic rings. The predicted octanol–water partition coefficient (Wildman–Crippen LogP) is -0.476. The van der Waals surface area contributed by atoms with Crippen LogP contribution in [0.1, 0.15) is 19.8 Å². The second-order valence-corrected chi connectivity index (χ2v) is 5.49. The molecule has 0 radical (unpaired) electrons. The van der Waals surface area contributed by atoms with Crippen molar-refractivity contribution in [1.29, 1.82) is 0 Å². The second-order valence-electron chi connectivity index (χ2n) is 5.49. The van der Waals surface area contributed by atoms with Crippen molar-refractivity contribution < 1.29 is 19.4 Å². The number of carbonyl (C=O) groups excluding carboxylic acids is 1. The highest BCUT2D eigenvalue weighted by Crippen LogP contribution is 2.18. The van der Waals surface area contributed by atoms with Gasteiger partial charge >= 0.3 is 5.97 Å². The number of hydrogen-bond donors (Lipinski definition) is 3. The van der Waals surface area contributed by atoms with Crippen LogP contribution in [-0.4, -0.2) is 74.4 Å². The van der Waals surface area contributed by atoms with Crippen LogP contribution in [0.2, 0.25) is 0 Å². The number of hydrogen-bond acceptors (Lipinski definition) is 5. The Bertz CT molecular complexity index is 338. The van der Waals surface area contributed by atoms with E-state index in [9.17, 15) is 9.59 Å². The Hall–Kier alpha value is -1.18. The molecule has 1 aliphatic rings. The molecule has 7 heteroatoms. The normalized spacial score (nSPS) is 21.0. The van der Waals surface area contributed by atoms with E-state index in [1.807, 2.05) is 6.92 Å². The molecule has 0 spiro atoms. The molecule has 0 bridgehead atoms. The van der Waals surface area contributed by atoms with E-state index >= 15 is 0 Å². The number of ether oxygens (including phenoxy) is 1. The number of rotatable bonds is 9. The van der Waals surface area contributed by atoms with Crippen molar-refractivity contribution in [3.63, 3.8) is 0 Å². The predicted molar refractivity (Wildman–Crippen MR) is 79.2 cm³/mol.